The van der Waals surface area contributed by atoms with Crippen molar-refractivity contribution in [1.82, 2.24) is 9.55 Å². The molecule has 0 unspecified atom stereocenters. The molecule has 2 heterocycles. The van der Waals surface area contributed by atoms with E-state index in [-0.39, 0.29) is 18.2 Å². The number of hydrogen-bond donors (Lipinski definition) is 2. The average molecular weight is 413 g/mol. The van der Waals surface area contributed by atoms with Gasteiger partial charge in [-0.3, -0.25) is 4.98 Å². The van der Waals surface area contributed by atoms with Crippen LogP contribution in [0.1, 0.15) is 11.3 Å². The highest BCUT2D eigenvalue weighted by Gasteiger charge is 2.30. The van der Waals surface area contributed by atoms with E-state index < -0.39 is 6.36 Å². The Bertz CT molecular complexity index is 1220. The fourth-order valence-corrected chi connectivity index (χ4v) is 3.42. The van der Waals surface area contributed by atoms with Gasteiger partial charge in [-0.05, 0) is 42.8 Å². The second-order valence-electron chi connectivity index (χ2n) is 6.95. The van der Waals surface area contributed by atoms with Crippen LogP contribution in [0.15, 0.2) is 60.8 Å². The van der Waals surface area contributed by atoms with Crippen LogP contribution in [0.25, 0.3) is 22.0 Å². The number of nitrogen functional groups attached to an aromatic ring is 1. The number of aryl methyl sites for hydroxylation is 1. The average Bonchev–Trinajstić information content (AvgIpc) is 2.98. The summed E-state index contributed by atoms with van der Waals surface area (Å²) in [5, 5.41) is 12.1. The van der Waals surface area contributed by atoms with E-state index in [1.54, 1.807) is 16.8 Å². The van der Waals surface area contributed by atoms with E-state index in [9.17, 15) is 18.3 Å². The van der Waals surface area contributed by atoms with Crippen LogP contribution in [-0.4, -0.2) is 21.0 Å². The standard InChI is InChI=1S/C22H18F3N3O2/c1-13-20-16(10-19(27-13)15-3-2-4-17(26)9-15)12-28(21(20)29)11-14-5-7-18(8-6-14)30-22(23,24)25/h2-10,12,29H,11,26H2,1H3. The number of hydrogen-bond acceptors (Lipinski definition) is 4. The minimum atomic E-state index is -4.73. The molecule has 0 bridgehead atoms. The van der Waals surface area contributed by atoms with Crippen molar-refractivity contribution in [3.05, 3.63) is 72.1 Å². The Kier molecular flexibility index (Phi) is 4.77. The van der Waals surface area contributed by atoms with Gasteiger partial charge in [0.15, 0.2) is 0 Å². The number of nitrogens with zero attached hydrogens (tertiary/aromatic N) is 2. The fraction of sp³-hybridized carbons (Fsp3) is 0.136. The second kappa shape index (κ2) is 7.29. The highest BCUT2D eigenvalue weighted by molar-refractivity contribution is 5.92. The quantitative estimate of drug-likeness (QED) is 0.449. The number of rotatable bonds is 4. The molecular formula is C22H18F3N3O2. The van der Waals surface area contributed by atoms with Gasteiger partial charge < -0.3 is 20.1 Å². The van der Waals surface area contributed by atoms with E-state index in [1.807, 2.05) is 31.2 Å². The number of nitrogens with two attached hydrogens (primary N) is 1. The van der Waals surface area contributed by atoms with Crippen molar-refractivity contribution in [1.29, 1.82) is 0 Å². The number of fused-ring (bicyclic) bond motifs is 1. The predicted molar refractivity (Wildman–Crippen MR) is 108 cm³/mol. The summed E-state index contributed by atoms with van der Waals surface area (Å²) in [4.78, 5) is 4.59. The van der Waals surface area contributed by atoms with Gasteiger partial charge in [-0.2, -0.15) is 0 Å². The van der Waals surface area contributed by atoms with Gasteiger partial charge in [0.05, 0.1) is 23.3 Å². The molecule has 0 fully saturated rings. The van der Waals surface area contributed by atoms with Crippen molar-refractivity contribution in [2.45, 2.75) is 19.8 Å². The number of alkyl halides is 3. The molecule has 0 atom stereocenters. The molecule has 4 aromatic rings. The zero-order valence-electron chi connectivity index (χ0n) is 15.9. The molecule has 0 aliphatic heterocycles. The lowest BCUT2D eigenvalue weighted by molar-refractivity contribution is -0.274. The molecule has 0 radical (unpaired) electrons. The lowest BCUT2D eigenvalue weighted by Gasteiger charge is -2.10. The summed E-state index contributed by atoms with van der Waals surface area (Å²) >= 11 is 0. The third-order valence-corrected chi connectivity index (χ3v) is 4.71. The van der Waals surface area contributed by atoms with Crippen LogP contribution in [0.5, 0.6) is 11.6 Å². The molecule has 3 N–H and O–H groups in total. The molecule has 4 rings (SSSR count). The molecule has 0 aliphatic carbocycles. The lowest BCUT2D eigenvalue weighted by atomic mass is 10.1. The molecule has 0 aliphatic rings. The highest BCUT2D eigenvalue weighted by atomic mass is 19.4. The highest BCUT2D eigenvalue weighted by Crippen LogP contribution is 2.33. The Hall–Kier alpha value is -3.68. The summed E-state index contributed by atoms with van der Waals surface area (Å²) in [5.41, 5.74) is 9.47. The first-order valence-electron chi connectivity index (χ1n) is 9.10. The number of aromatic hydroxyl groups is 1. The van der Waals surface area contributed by atoms with Crippen molar-refractivity contribution >= 4 is 16.5 Å². The topological polar surface area (TPSA) is 73.3 Å². The van der Waals surface area contributed by atoms with Crippen molar-refractivity contribution in [2.24, 2.45) is 0 Å². The molecule has 2 aromatic carbocycles. The third-order valence-electron chi connectivity index (χ3n) is 4.71. The van der Waals surface area contributed by atoms with Crippen LogP contribution < -0.4 is 10.5 Å². The minimum absolute atomic E-state index is 0.0461. The maximum absolute atomic E-state index is 12.3. The number of benzene rings is 2. The minimum Gasteiger partial charge on any atom is -0.494 e. The number of halogens is 3. The molecule has 30 heavy (non-hydrogen) atoms. The van der Waals surface area contributed by atoms with Crippen LogP contribution in [0, 0.1) is 6.92 Å². The van der Waals surface area contributed by atoms with Gasteiger partial charge >= 0.3 is 6.36 Å². The van der Waals surface area contributed by atoms with E-state index in [1.165, 1.54) is 24.3 Å². The van der Waals surface area contributed by atoms with Crippen molar-refractivity contribution < 1.29 is 23.0 Å². The van der Waals surface area contributed by atoms with E-state index in [0.717, 1.165) is 16.6 Å². The van der Waals surface area contributed by atoms with Crippen LogP contribution >= 0.6 is 0 Å². The number of pyridine rings is 1. The van der Waals surface area contributed by atoms with Gasteiger partial charge in [-0.1, -0.05) is 24.3 Å². The van der Waals surface area contributed by atoms with Crippen molar-refractivity contribution in [3.63, 3.8) is 0 Å². The predicted octanol–water partition coefficient (Wildman–Crippen LogP) is 5.25. The van der Waals surface area contributed by atoms with Crippen molar-refractivity contribution in [3.8, 4) is 22.9 Å². The van der Waals surface area contributed by atoms with Gasteiger partial charge in [0.1, 0.15) is 5.75 Å². The Balaban J connectivity index is 1.65. The fourth-order valence-electron chi connectivity index (χ4n) is 3.42. The maximum atomic E-state index is 12.3. The summed E-state index contributed by atoms with van der Waals surface area (Å²) in [5.74, 6) is -0.246. The SMILES string of the molecule is Cc1nc(-c2cccc(N)c2)cc2cn(Cc3ccc(OC(F)(F)F)cc3)c(O)c12. The first-order valence-corrected chi connectivity index (χ1v) is 9.10. The second-order valence-corrected chi connectivity index (χ2v) is 6.95. The van der Waals surface area contributed by atoms with Gasteiger partial charge in [0.25, 0.3) is 0 Å². The zero-order chi connectivity index (χ0) is 21.5. The molecular weight excluding hydrogens is 395 g/mol. The number of ether oxygens (including phenoxy) is 1. The number of aromatic nitrogens is 2. The Morgan fingerprint density at radius 1 is 1.10 bits per heavy atom. The normalized spacial score (nSPS) is 11.7. The molecule has 8 heteroatoms. The molecule has 0 saturated heterocycles. The Morgan fingerprint density at radius 3 is 2.50 bits per heavy atom. The summed E-state index contributed by atoms with van der Waals surface area (Å²) in [6, 6.07) is 14.8. The first kappa shape index (κ1) is 19.6. The van der Waals surface area contributed by atoms with E-state index >= 15 is 0 Å². The Labute approximate surface area is 170 Å². The molecule has 0 amide bonds. The molecule has 2 aromatic heterocycles. The summed E-state index contributed by atoms with van der Waals surface area (Å²) in [7, 11) is 0. The first-order chi connectivity index (χ1) is 14.2. The Morgan fingerprint density at radius 2 is 1.83 bits per heavy atom. The monoisotopic (exact) mass is 413 g/mol. The third kappa shape index (κ3) is 4.03. The van der Waals surface area contributed by atoms with Gasteiger partial charge in [-0.15, -0.1) is 13.2 Å². The summed E-state index contributed by atoms with van der Waals surface area (Å²) in [6.45, 7) is 2.09. The number of anilines is 1. The van der Waals surface area contributed by atoms with Crippen LogP contribution in [0.3, 0.4) is 0 Å². The lowest BCUT2D eigenvalue weighted by Crippen LogP contribution is -2.17. The van der Waals surface area contributed by atoms with Gasteiger partial charge in [0, 0.05) is 22.8 Å². The molecule has 0 saturated carbocycles. The van der Waals surface area contributed by atoms with Crippen molar-refractivity contribution in [2.75, 3.05) is 5.73 Å². The molecule has 5 nitrogen and oxygen atoms in total. The largest absolute Gasteiger partial charge is 0.573 e. The van der Waals surface area contributed by atoms with Gasteiger partial charge in [0.2, 0.25) is 5.88 Å². The summed E-state index contributed by atoms with van der Waals surface area (Å²) < 4.78 is 42.4. The maximum Gasteiger partial charge on any atom is 0.573 e. The molecule has 0 spiro atoms. The van der Waals surface area contributed by atoms with E-state index in [2.05, 4.69) is 9.72 Å². The zero-order valence-corrected chi connectivity index (χ0v) is 15.9. The van der Waals surface area contributed by atoms with Crippen LogP contribution in [-0.2, 0) is 6.54 Å². The van der Waals surface area contributed by atoms with E-state index in [4.69, 9.17) is 5.73 Å². The van der Waals surface area contributed by atoms with Crippen LogP contribution in [0.4, 0.5) is 18.9 Å². The van der Waals surface area contributed by atoms with E-state index in [0.29, 0.717) is 22.3 Å². The van der Waals surface area contributed by atoms with Gasteiger partial charge in [-0.25, -0.2) is 0 Å². The molecule has 154 valence electrons. The summed E-state index contributed by atoms with van der Waals surface area (Å²) in [6.07, 6.45) is -2.95. The smallest absolute Gasteiger partial charge is 0.494 e. The van der Waals surface area contributed by atoms with Crippen LogP contribution in [0.2, 0.25) is 0 Å².